The van der Waals surface area contributed by atoms with E-state index in [1.807, 2.05) is 0 Å². The lowest BCUT2D eigenvalue weighted by Gasteiger charge is -2.32. The summed E-state index contributed by atoms with van der Waals surface area (Å²) >= 11 is 0. The summed E-state index contributed by atoms with van der Waals surface area (Å²) in [5, 5.41) is 8.39. The van der Waals surface area contributed by atoms with Crippen LogP contribution in [-0.2, 0) is 14.3 Å². The summed E-state index contributed by atoms with van der Waals surface area (Å²) in [5.41, 5.74) is 1.71. The minimum absolute atomic E-state index is 0.100. The molecule has 3 fully saturated rings. The number of unbranched alkanes of at least 4 members (excludes halogenated alkanes) is 7. The zero-order chi connectivity index (χ0) is 22.0. The number of hydrogen-bond donors (Lipinski definition) is 1. The zero-order valence-electron chi connectivity index (χ0n) is 20.0. The number of hydrogen-bond acceptors (Lipinski definition) is 3. The molecule has 2 aliphatic heterocycles. The summed E-state index contributed by atoms with van der Waals surface area (Å²) in [4.78, 5) is 10.2. The molecule has 2 saturated heterocycles. The Bertz CT molecular complexity index is 547. The maximum absolute atomic E-state index is 10.2. The van der Waals surface area contributed by atoms with E-state index in [1.165, 1.54) is 69.8 Å². The Kier molecular flexibility index (Phi) is 10.4. The van der Waals surface area contributed by atoms with E-state index in [9.17, 15) is 4.79 Å². The molecule has 30 heavy (non-hydrogen) atoms. The number of allylic oxidation sites excluding steroid dienone is 1. The Hall–Kier alpha value is -0.870. The molecule has 4 atom stereocenters. The SMILES string of the molecule is CC(C)=CCC1OC1(C)C1CCCCC12CO2.CCCCCCCCCCC(=O)O. The fraction of sp³-hybridized carbons (Fsp3) is 0.885. The molecule has 1 aliphatic carbocycles. The first-order chi connectivity index (χ1) is 14.3. The highest BCUT2D eigenvalue weighted by Crippen LogP contribution is 2.58. The van der Waals surface area contributed by atoms with Crippen LogP contribution in [0.2, 0.25) is 0 Å². The monoisotopic (exact) mass is 422 g/mol. The fourth-order valence-electron chi connectivity index (χ4n) is 5.07. The molecular weight excluding hydrogens is 376 g/mol. The average Bonchev–Trinajstić information content (AvgIpc) is 3.61. The number of epoxide rings is 2. The molecule has 0 bridgehead atoms. The van der Waals surface area contributed by atoms with Crippen molar-refractivity contribution in [3.63, 3.8) is 0 Å². The molecule has 0 radical (unpaired) electrons. The van der Waals surface area contributed by atoms with E-state index in [0.717, 1.165) is 25.9 Å². The van der Waals surface area contributed by atoms with Gasteiger partial charge in [0.15, 0.2) is 0 Å². The van der Waals surface area contributed by atoms with Crippen molar-refractivity contribution in [3.05, 3.63) is 11.6 Å². The smallest absolute Gasteiger partial charge is 0.303 e. The molecule has 4 nitrogen and oxygen atoms in total. The standard InChI is InChI=1S/C15H24O2.C11H22O2/c1-11(2)7-8-13-14(3,17-13)12-6-4-5-9-15(12)10-16-15;1-2-3-4-5-6-7-8-9-10-11(12)13/h7,12-13H,4-6,8-10H2,1-3H3;2-10H2,1H3,(H,12,13). The van der Waals surface area contributed by atoms with Gasteiger partial charge in [-0.3, -0.25) is 4.79 Å². The van der Waals surface area contributed by atoms with Crippen LogP contribution in [0.4, 0.5) is 0 Å². The van der Waals surface area contributed by atoms with Crippen LogP contribution in [0.5, 0.6) is 0 Å². The zero-order valence-corrected chi connectivity index (χ0v) is 20.0. The van der Waals surface area contributed by atoms with E-state index in [4.69, 9.17) is 14.6 Å². The summed E-state index contributed by atoms with van der Waals surface area (Å²) in [6.45, 7) is 9.81. The van der Waals surface area contributed by atoms with Gasteiger partial charge in [-0.25, -0.2) is 0 Å². The lowest BCUT2D eigenvalue weighted by Crippen LogP contribution is -2.39. The van der Waals surface area contributed by atoms with Crippen LogP contribution in [0.3, 0.4) is 0 Å². The van der Waals surface area contributed by atoms with Crippen molar-refractivity contribution in [2.24, 2.45) is 5.92 Å². The topological polar surface area (TPSA) is 62.4 Å². The summed E-state index contributed by atoms with van der Waals surface area (Å²) in [5.74, 6) is -0.0229. The molecular formula is C26H46O4. The first-order valence-corrected chi connectivity index (χ1v) is 12.5. The van der Waals surface area contributed by atoms with Crippen molar-refractivity contribution < 1.29 is 19.4 Å². The second-order valence-electron chi connectivity index (χ2n) is 10.1. The van der Waals surface area contributed by atoms with Gasteiger partial charge in [0.2, 0.25) is 0 Å². The number of carboxylic acids is 1. The number of carboxylic acid groups (broad SMARTS) is 1. The minimum Gasteiger partial charge on any atom is -0.481 e. The van der Waals surface area contributed by atoms with Gasteiger partial charge in [-0.15, -0.1) is 0 Å². The molecule has 1 spiro atoms. The van der Waals surface area contributed by atoms with Crippen molar-refractivity contribution in [1.82, 2.24) is 0 Å². The summed E-state index contributed by atoms with van der Waals surface area (Å²) in [7, 11) is 0. The van der Waals surface area contributed by atoms with Gasteiger partial charge >= 0.3 is 5.97 Å². The summed E-state index contributed by atoms with van der Waals surface area (Å²) in [6.07, 6.45) is 19.1. The van der Waals surface area contributed by atoms with Gasteiger partial charge in [-0.05, 0) is 46.5 Å². The minimum atomic E-state index is -0.661. The van der Waals surface area contributed by atoms with Crippen molar-refractivity contribution in [1.29, 1.82) is 0 Å². The van der Waals surface area contributed by atoms with E-state index < -0.39 is 5.97 Å². The third-order valence-corrected chi connectivity index (χ3v) is 7.15. The maximum Gasteiger partial charge on any atom is 0.303 e. The fourth-order valence-corrected chi connectivity index (χ4v) is 5.07. The molecule has 0 aromatic heterocycles. The van der Waals surface area contributed by atoms with Crippen LogP contribution in [-0.4, -0.2) is 35.0 Å². The quantitative estimate of drug-likeness (QED) is 0.208. The van der Waals surface area contributed by atoms with E-state index in [2.05, 4.69) is 33.8 Å². The van der Waals surface area contributed by atoms with Crippen LogP contribution < -0.4 is 0 Å². The van der Waals surface area contributed by atoms with Crippen LogP contribution in [0.25, 0.3) is 0 Å². The van der Waals surface area contributed by atoms with E-state index >= 15 is 0 Å². The first kappa shape index (κ1) is 25.4. The van der Waals surface area contributed by atoms with Crippen LogP contribution >= 0.6 is 0 Å². The number of carbonyl (C=O) groups is 1. The average molecular weight is 423 g/mol. The van der Waals surface area contributed by atoms with Gasteiger partial charge in [0.25, 0.3) is 0 Å². The Morgan fingerprint density at radius 3 is 2.27 bits per heavy atom. The van der Waals surface area contributed by atoms with Gasteiger partial charge in [0.05, 0.1) is 23.9 Å². The van der Waals surface area contributed by atoms with Crippen LogP contribution in [0.1, 0.15) is 118 Å². The molecule has 4 unspecified atom stereocenters. The molecule has 0 aromatic rings. The third-order valence-electron chi connectivity index (χ3n) is 7.15. The molecule has 0 aromatic carbocycles. The predicted octanol–water partition coefficient (Wildman–Crippen LogP) is 7.06. The number of ether oxygens (including phenoxy) is 2. The van der Waals surface area contributed by atoms with E-state index in [0.29, 0.717) is 18.4 Å². The van der Waals surface area contributed by atoms with Gasteiger partial charge < -0.3 is 14.6 Å². The Labute approximate surface area is 184 Å². The van der Waals surface area contributed by atoms with Crippen molar-refractivity contribution in [2.75, 3.05) is 6.61 Å². The molecule has 3 aliphatic rings. The first-order valence-electron chi connectivity index (χ1n) is 12.5. The highest BCUT2D eigenvalue weighted by molar-refractivity contribution is 5.66. The Morgan fingerprint density at radius 2 is 1.70 bits per heavy atom. The molecule has 3 rings (SSSR count). The van der Waals surface area contributed by atoms with Crippen molar-refractivity contribution >= 4 is 5.97 Å². The van der Waals surface area contributed by atoms with Gasteiger partial charge in [0.1, 0.15) is 0 Å². The molecule has 2 heterocycles. The van der Waals surface area contributed by atoms with Gasteiger partial charge in [-0.2, -0.15) is 0 Å². The third kappa shape index (κ3) is 8.00. The predicted molar refractivity (Wildman–Crippen MR) is 123 cm³/mol. The Morgan fingerprint density at radius 1 is 1.07 bits per heavy atom. The van der Waals surface area contributed by atoms with Gasteiger partial charge in [0, 0.05) is 12.3 Å². The highest BCUT2D eigenvalue weighted by Gasteiger charge is 2.67. The lowest BCUT2D eigenvalue weighted by atomic mass is 9.71. The molecule has 0 amide bonds. The molecule has 1 saturated carbocycles. The summed E-state index contributed by atoms with van der Waals surface area (Å²) < 4.78 is 11.8. The Balaban J connectivity index is 0.000000224. The summed E-state index contributed by atoms with van der Waals surface area (Å²) in [6, 6.07) is 0. The molecule has 174 valence electrons. The maximum atomic E-state index is 10.2. The molecule has 4 heteroatoms. The highest BCUT2D eigenvalue weighted by atomic mass is 16.6. The second kappa shape index (κ2) is 12.2. The van der Waals surface area contributed by atoms with E-state index in [1.54, 1.807) is 0 Å². The number of aliphatic carboxylic acids is 1. The lowest BCUT2D eigenvalue weighted by molar-refractivity contribution is -0.137. The van der Waals surface area contributed by atoms with Crippen LogP contribution in [0.15, 0.2) is 11.6 Å². The van der Waals surface area contributed by atoms with Gasteiger partial charge in [-0.1, -0.05) is 76.4 Å². The van der Waals surface area contributed by atoms with E-state index in [-0.39, 0.29) is 11.2 Å². The normalized spacial score (nSPS) is 31.6. The van der Waals surface area contributed by atoms with Crippen molar-refractivity contribution in [2.45, 2.75) is 135 Å². The molecule has 1 N–H and O–H groups in total. The number of rotatable bonds is 12. The van der Waals surface area contributed by atoms with Crippen LogP contribution in [0, 0.1) is 5.92 Å². The second-order valence-corrected chi connectivity index (χ2v) is 10.1. The largest absolute Gasteiger partial charge is 0.481 e. The van der Waals surface area contributed by atoms with Crippen molar-refractivity contribution in [3.8, 4) is 0 Å².